The predicted molar refractivity (Wildman–Crippen MR) is 111 cm³/mol. The number of methoxy groups -OCH3 is 2. The molecule has 11 heteroatoms. The van der Waals surface area contributed by atoms with E-state index in [0.717, 1.165) is 11.5 Å². The van der Waals surface area contributed by atoms with Crippen LogP contribution in [0.5, 0.6) is 11.5 Å². The molecule has 0 unspecified atom stereocenters. The number of carbonyl (C=O) groups excluding carboxylic acids is 1. The van der Waals surface area contributed by atoms with Crippen LogP contribution in [0.4, 0.5) is 16.3 Å². The highest BCUT2D eigenvalue weighted by Gasteiger charge is 2.25. The van der Waals surface area contributed by atoms with Crippen molar-refractivity contribution in [1.29, 1.82) is 0 Å². The number of ether oxygens (including phenoxy) is 2. The molecule has 0 aliphatic carbocycles. The second-order valence-electron chi connectivity index (χ2n) is 6.75. The van der Waals surface area contributed by atoms with Gasteiger partial charge in [0.15, 0.2) is 28.5 Å². The van der Waals surface area contributed by atoms with Crippen LogP contribution in [0.15, 0.2) is 24.5 Å². The zero-order chi connectivity index (χ0) is 21.1. The van der Waals surface area contributed by atoms with Crippen molar-refractivity contribution in [3.63, 3.8) is 0 Å². The van der Waals surface area contributed by atoms with Crippen molar-refractivity contribution >= 4 is 28.7 Å². The van der Waals surface area contributed by atoms with Crippen molar-refractivity contribution in [2.45, 2.75) is 13.5 Å². The lowest BCUT2D eigenvalue weighted by Gasteiger charge is -2.35. The summed E-state index contributed by atoms with van der Waals surface area (Å²) in [5.41, 5.74) is 2.05. The van der Waals surface area contributed by atoms with Crippen molar-refractivity contribution in [2.24, 2.45) is 0 Å². The molecular weight excluding hydrogens is 388 g/mol. The number of rotatable bonds is 5. The third-order valence-electron chi connectivity index (χ3n) is 5.08. The number of piperazine rings is 1. The number of anilines is 2. The Morgan fingerprint density at radius 2 is 1.87 bits per heavy atom. The van der Waals surface area contributed by atoms with E-state index in [1.54, 1.807) is 42.0 Å². The number of hydrogen-bond acceptors (Lipinski definition) is 8. The first-order valence-corrected chi connectivity index (χ1v) is 9.71. The molecule has 1 aliphatic heterocycles. The molecule has 1 aromatic carbocycles. The van der Waals surface area contributed by atoms with Gasteiger partial charge in [-0.05, 0) is 19.1 Å². The number of nitrogens with one attached hydrogen (secondary N) is 1. The summed E-state index contributed by atoms with van der Waals surface area (Å²) in [4.78, 5) is 25.3. The van der Waals surface area contributed by atoms with Crippen LogP contribution in [0.3, 0.4) is 0 Å². The first-order valence-electron chi connectivity index (χ1n) is 9.71. The number of aryl methyl sites for hydroxylation is 1. The fraction of sp³-hybridized carbons (Fsp3) is 0.421. The van der Waals surface area contributed by atoms with Crippen LogP contribution in [0, 0.1) is 0 Å². The summed E-state index contributed by atoms with van der Waals surface area (Å²) >= 11 is 0. The van der Waals surface area contributed by atoms with E-state index < -0.39 is 0 Å². The molecule has 11 nitrogen and oxygen atoms in total. The molecule has 4 rings (SSSR count). The van der Waals surface area contributed by atoms with E-state index in [1.165, 1.54) is 6.33 Å². The number of fused-ring (bicyclic) bond motifs is 1. The van der Waals surface area contributed by atoms with Gasteiger partial charge < -0.3 is 24.6 Å². The van der Waals surface area contributed by atoms with Crippen LogP contribution in [-0.2, 0) is 6.54 Å². The van der Waals surface area contributed by atoms with Gasteiger partial charge in [-0.1, -0.05) is 5.21 Å². The molecule has 3 aromatic rings. The van der Waals surface area contributed by atoms with Gasteiger partial charge in [-0.3, -0.25) is 0 Å². The molecule has 0 bridgehead atoms. The number of urea groups is 1. The van der Waals surface area contributed by atoms with Crippen LogP contribution >= 0.6 is 0 Å². The molecule has 0 spiro atoms. The summed E-state index contributed by atoms with van der Waals surface area (Å²) in [6.07, 6.45) is 1.53. The summed E-state index contributed by atoms with van der Waals surface area (Å²) < 4.78 is 12.3. The first-order chi connectivity index (χ1) is 14.6. The van der Waals surface area contributed by atoms with Crippen LogP contribution in [0.1, 0.15) is 6.92 Å². The first kappa shape index (κ1) is 19.7. The highest BCUT2D eigenvalue weighted by Crippen LogP contribution is 2.30. The van der Waals surface area contributed by atoms with Crippen LogP contribution < -0.4 is 19.7 Å². The van der Waals surface area contributed by atoms with Crippen molar-refractivity contribution < 1.29 is 14.3 Å². The Morgan fingerprint density at radius 3 is 2.57 bits per heavy atom. The standard InChI is InChI=1S/C19H24N8O3/c1-4-27-18-16(23-24-27)17(20-12-21-18)25-7-9-26(10-8-25)19(28)22-13-5-6-14(29-2)15(11-13)30-3/h5-6,11-12H,4,7-10H2,1-3H3,(H,22,28). The summed E-state index contributed by atoms with van der Waals surface area (Å²) in [6, 6.07) is 5.12. The number of amides is 2. The Hall–Kier alpha value is -3.63. The van der Waals surface area contributed by atoms with Gasteiger partial charge in [-0.25, -0.2) is 19.4 Å². The normalized spacial score (nSPS) is 14.1. The zero-order valence-electron chi connectivity index (χ0n) is 17.2. The van der Waals surface area contributed by atoms with Gasteiger partial charge in [0.25, 0.3) is 0 Å². The van der Waals surface area contributed by atoms with E-state index >= 15 is 0 Å². The van der Waals surface area contributed by atoms with Crippen molar-refractivity contribution in [3.8, 4) is 11.5 Å². The number of hydrogen-bond donors (Lipinski definition) is 1. The predicted octanol–water partition coefficient (Wildman–Crippen LogP) is 1.61. The largest absolute Gasteiger partial charge is 0.493 e. The molecule has 30 heavy (non-hydrogen) atoms. The minimum Gasteiger partial charge on any atom is -0.493 e. The Balaban J connectivity index is 1.41. The quantitative estimate of drug-likeness (QED) is 0.673. The van der Waals surface area contributed by atoms with E-state index in [2.05, 4.69) is 30.5 Å². The molecule has 2 aromatic heterocycles. The summed E-state index contributed by atoms with van der Waals surface area (Å²) in [5.74, 6) is 1.92. The fourth-order valence-electron chi connectivity index (χ4n) is 3.46. The summed E-state index contributed by atoms with van der Waals surface area (Å²) in [5, 5.41) is 11.3. The smallest absolute Gasteiger partial charge is 0.321 e. The molecule has 0 radical (unpaired) electrons. The molecular formula is C19H24N8O3. The zero-order valence-corrected chi connectivity index (χ0v) is 17.2. The van der Waals surface area contributed by atoms with Gasteiger partial charge in [0.1, 0.15) is 6.33 Å². The average Bonchev–Trinajstić information content (AvgIpc) is 3.22. The van der Waals surface area contributed by atoms with Gasteiger partial charge >= 0.3 is 6.03 Å². The molecule has 0 atom stereocenters. The summed E-state index contributed by atoms with van der Waals surface area (Å²) in [6.45, 7) is 5.09. The van der Waals surface area contributed by atoms with E-state index in [4.69, 9.17) is 9.47 Å². The molecule has 158 valence electrons. The summed E-state index contributed by atoms with van der Waals surface area (Å²) in [7, 11) is 3.13. The van der Waals surface area contributed by atoms with Gasteiger partial charge in [-0.15, -0.1) is 5.10 Å². The number of carbonyl (C=O) groups is 1. The van der Waals surface area contributed by atoms with Crippen molar-refractivity contribution in [1.82, 2.24) is 29.9 Å². The molecule has 2 amide bonds. The highest BCUT2D eigenvalue weighted by molar-refractivity contribution is 5.90. The number of aromatic nitrogens is 5. The van der Waals surface area contributed by atoms with Gasteiger partial charge in [0.05, 0.1) is 14.2 Å². The van der Waals surface area contributed by atoms with Gasteiger partial charge in [0.2, 0.25) is 0 Å². The lowest BCUT2D eigenvalue weighted by molar-refractivity contribution is 0.208. The molecule has 1 saturated heterocycles. The maximum Gasteiger partial charge on any atom is 0.321 e. The second-order valence-corrected chi connectivity index (χ2v) is 6.75. The Morgan fingerprint density at radius 1 is 1.10 bits per heavy atom. The number of nitrogens with zero attached hydrogens (tertiary/aromatic N) is 7. The van der Waals surface area contributed by atoms with Crippen molar-refractivity contribution in [3.05, 3.63) is 24.5 Å². The maximum atomic E-state index is 12.7. The Labute approximate surface area is 173 Å². The molecule has 1 aliphatic rings. The number of benzene rings is 1. The van der Waals surface area contributed by atoms with Crippen LogP contribution in [0.2, 0.25) is 0 Å². The topological polar surface area (TPSA) is 111 Å². The van der Waals surface area contributed by atoms with Crippen LogP contribution in [-0.4, -0.2) is 76.3 Å². The average molecular weight is 412 g/mol. The minimum absolute atomic E-state index is 0.161. The Kier molecular flexibility index (Phi) is 5.50. The fourth-order valence-corrected chi connectivity index (χ4v) is 3.46. The van der Waals surface area contributed by atoms with Gasteiger partial charge in [-0.2, -0.15) is 0 Å². The van der Waals surface area contributed by atoms with E-state index in [0.29, 0.717) is 55.4 Å². The lowest BCUT2D eigenvalue weighted by atomic mass is 10.2. The Bertz CT molecular complexity index is 1050. The van der Waals surface area contributed by atoms with E-state index in [-0.39, 0.29) is 6.03 Å². The van der Waals surface area contributed by atoms with Gasteiger partial charge in [0, 0.05) is 44.5 Å². The van der Waals surface area contributed by atoms with Crippen LogP contribution in [0.25, 0.3) is 11.2 Å². The minimum atomic E-state index is -0.161. The third kappa shape index (κ3) is 3.65. The van der Waals surface area contributed by atoms with E-state index in [1.807, 2.05) is 6.92 Å². The molecule has 1 fully saturated rings. The molecule has 0 saturated carbocycles. The van der Waals surface area contributed by atoms with Crippen molar-refractivity contribution in [2.75, 3.05) is 50.6 Å². The van der Waals surface area contributed by atoms with E-state index in [9.17, 15) is 4.79 Å². The second kappa shape index (κ2) is 8.39. The lowest BCUT2D eigenvalue weighted by Crippen LogP contribution is -2.50. The monoisotopic (exact) mass is 412 g/mol. The third-order valence-corrected chi connectivity index (χ3v) is 5.08. The highest BCUT2D eigenvalue weighted by atomic mass is 16.5. The molecule has 1 N–H and O–H groups in total. The maximum absolute atomic E-state index is 12.7. The SMILES string of the molecule is CCn1nnc2c(N3CCN(C(=O)Nc4ccc(OC)c(OC)c4)CC3)ncnc21. The molecule has 3 heterocycles.